The van der Waals surface area contributed by atoms with E-state index >= 15 is 0 Å². The fraction of sp³-hybridized carbons (Fsp3) is 0.290. The van der Waals surface area contributed by atoms with Gasteiger partial charge in [-0.1, -0.05) is 49.4 Å². The lowest BCUT2D eigenvalue weighted by molar-refractivity contribution is -0.137. The predicted octanol–water partition coefficient (Wildman–Crippen LogP) is 3.93. The molecule has 2 heterocycles. The summed E-state index contributed by atoms with van der Waals surface area (Å²) in [7, 11) is 0. The van der Waals surface area contributed by atoms with Crippen LogP contribution in [0.4, 0.5) is 10.5 Å². The molecular formula is C31H31IN4O6. The van der Waals surface area contributed by atoms with Crippen molar-refractivity contribution in [2.45, 2.75) is 24.9 Å². The number of anilines is 1. The average Bonchev–Trinajstić information content (AvgIpc) is 3.31. The molecule has 5 amide bonds. The summed E-state index contributed by atoms with van der Waals surface area (Å²) in [5.41, 5.74) is 1.92. The molecule has 0 bridgehead atoms. The molecule has 0 aromatic heterocycles. The van der Waals surface area contributed by atoms with E-state index < -0.39 is 35.8 Å². The Bertz CT molecular complexity index is 1430. The van der Waals surface area contributed by atoms with Gasteiger partial charge in [0.25, 0.3) is 11.8 Å². The third-order valence-corrected chi connectivity index (χ3v) is 8.09. The van der Waals surface area contributed by atoms with Gasteiger partial charge in [-0.15, -0.1) is 0 Å². The van der Waals surface area contributed by atoms with E-state index in [1.165, 1.54) is 0 Å². The number of morpholine rings is 1. The first-order valence-corrected chi connectivity index (χ1v) is 14.7. The van der Waals surface area contributed by atoms with E-state index in [0.717, 1.165) is 14.0 Å². The zero-order valence-electron chi connectivity index (χ0n) is 23.0. The van der Waals surface area contributed by atoms with E-state index in [-0.39, 0.29) is 12.5 Å². The molecule has 0 radical (unpaired) electrons. The summed E-state index contributed by atoms with van der Waals surface area (Å²) < 4.78 is 11.9. The summed E-state index contributed by atoms with van der Waals surface area (Å²) in [5.74, 6) is -1.14. The number of imide groups is 1. The third kappa shape index (κ3) is 6.73. The smallest absolute Gasteiger partial charge is 0.325 e. The van der Waals surface area contributed by atoms with Gasteiger partial charge >= 0.3 is 6.03 Å². The van der Waals surface area contributed by atoms with E-state index in [1.807, 2.05) is 49.4 Å². The van der Waals surface area contributed by atoms with Gasteiger partial charge < -0.3 is 25.0 Å². The lowest BCUT2D eigenvalue weighted by Gasteiger charge is -2.30. The fourth-order valence-electron chi connectivity index (χ4n) is 5.05. The summed E-state index contributed by atoms with van der Waals surface area (Å²) in [6.07, 6.45) is 0. The van der Waals surface area contributed by atoms with E-state index in [4.69, 9.17) is 9.47 Å². The summed E-state index contributed by atoms with van der Waals surface area (Å²) >= 11 is 2.18. The number of carbonyl (C=O) groups is 4. The Labute approximate surface area is 257 Å². The molecular weight excluding hydrogens is 651 g/mol. The van der Waals surface area contributed by atoms with Crippen LogP contribution in [0.15, 0.2) is 78.9 Å². The third-order valence-electron chi connectivity index (χ3n) is 7.37. The highest BCUT2D eigenvalue weighted by molar-refractivity contribution is 14.1. The molecule has 218 valence electrons. The highest BCUT2D eigenvalue weighted by atomic mass is 127. The van der Waals surface area contributed by atoms with Gasteiger partial charge in [-0.2, -0.15) is 0 Å². The number of rotatable bonds is 9. The summed E-state index contributed by atoms with van der Waals surface area (Å²) in [6.45, 7) is 3.81. The molecule has 2 aliphatic heterocycles. The maximum Gasteiger partial charge on any atom is 0.325 e. The minimum atomic E-state index is -1.10. The molecule has 2 N–H and O–H groups in total. The number of halogens is 1. The minimum Gasteiger partial charge on any atom is -0.484 e. The van der Waals surface area contributed by atoms with Crippen LogP contribution in [0, 0.1) is 3.57 Å². The maximum absolute atomic E-state index is 13.7. The molecule has 0 aliphatic carbocycles. The number of ether oxygens (including phenoxy) is 2. The highest BCUT2D eigenvalue weighted by Crippen LogP contribution is 2.31. The van der Waals surface area contributed by atoms with E-state index in [1.54, 1.807) is 41.3 Å². The number of carbonyl (C=O) groups excluding carboxylic acids is 4. The number of urea groups is 1. The predicted molar refractivity (Wildman–Crippen MR) is 164 cm³/mol. The largest absolute Gasteiger partial charge is 0.484 e. The van der Waals surface area contributed by atoms with Crippen LogP contribution in [0.2, 0.25) is 0 Å². The zero-order chi connectivity index (χ0) is 29.6. The van der Waals surface area contributed by atoms with Crippen LogP contribution in [0.5, 0.6) is 5.75 Å². The zero-order valence-corrected chi connectivity index (χ0v) is 25.2. The first kappa shape index (κ1) is 29.5. The van der Waals surface area contributed by atoms with Crippen molar-refractivity contribution in [3.63, 3.8) is 0 Å². The molecule has 0 saturated carbocycles. The molecule has 2 fully saturated rings. The topological polar surface area (TPSA) is 117 Å². The molecule has 3 aromatic carbocycles. The molecule has 5 rings (SSSR count). The number of amides is 5. The Morgan fingerprint density at radius 2 is 1.67 bits per heavy atom. The Morgan fingerprint density at radius 3 is 2.33 bits per heavy atom. The second kappa shape index (κ2) is 13.3. The fourth-order valence-corrected chi connectivity index (χ4v) is 5.40. The van der Waals surface area contributed by atoms with Crippen LogP contribution in [0.1, 0.15) is 30.0 Å². The summed E-state index contributed by atoms with van der Waals surface area (Å²) in [5, 5.41) is 5.61. The van der Waals surface area contributed by atoms with E-state index in [2.05, 4.69) is 33.2 Å². The normalized spacial score (nSPS) is 18.3. The summed E-state index contributed by atoms with van der Waals surface area (Å²) in [4.78, 5) is 55.8. The Kier molecular flexibility index (Phi) is 9.38. The minimum absolute atomic E-state index is 0.110. The molecule has 2 saturated heterocycles. The molecule has 3 atom stereocenters. The molecule has 3 aromatic rings. The van der Waals surface area contributed by atoms with Crippen molar-refractivity contribution in [1.29, 1.82) is 0 Å². The quantitative estimate of drug-likeness (QED) is 0.261. The van der Waals surface area contributed by atoms with E-state index in [9.17, 15) is 19.2 Å². The lowest BCUT2D eigenvalue weighted by atomic mass is 9.91. The van der Waals surface area contributed by atoms with Gasteiger partial charge in [-0.05, 0) is 70.1 Å². The van der Waals surface area contributed by atoms with Gasteiger partial charge in [0.2, 0.25) is 5.91 Å². The van der Waals surface area contributed by atoms with Crippen molar-refractivity contribution in [3.8, 4) is 5.75 Å². The van der Waals surface area contributed by atoms with E-state index in [0.29, 0.717) is 43.3 Å². The second-order valence-electron chi connectivity index (χ2n) is 10.1. The van der Waals surface area contributed by atoms with Crippen LogP contribution >= 0.6 is 22.6 Å². The number of benzene rings is 3. The first-order valence-electron chi connectivity index (χ1n) is 13.6. The molecule has 2 aliphatic rings. The second-order valence-corrected chi connectivity index (χ2v) is 11.3. The molecule has 0 spiro atoms. The standard InChI is InChI=1S/C31H31IN4O6/c1-20(21-5-3-2-4-6-21)28(29(38)33-24-11-9-23(32)10-12-24)36-30(39)27(34-31(36)40)22-7-13-25(14-8-22)42-19-26(37)35-15-17-41-18-16-35/h2-14,20,27-28H,15-19H2,1H3,(H,33,38)(H,34,40)/t20-,27+,28?/m0/s1. The van der Waals surface area contributed by atoms with Crippen molar-refractivity contribution >= 4 is 52.0 Å². The summed E-state index contributed by atoms with van der Waals surface area (Å²) in [6, 6.07) is 20.5. The van der Waals surface area contributed by atoms with Crippen molar-refractivity contribution in [3.05, 3.63) is 93.6 Å². The van der Waals surface area contributed by atoms with Crippen molar-refractivity contribution in [1.82, 2.24) is 15.1 Å². The maximum atomic E-state index is 13.7. The molecule has 42 heavy (non-hydrogen) atoms. The molecule has 11 heteroatoms. The number of nitrogens with one attached hydrogen (secondary N) is 2. The van der Waals surface area contributed by atoms with Crippen LogP contribution in [-0.2, 0) is 19.1 Å². The van der Waals surface area contributed by atoms with Crippen LogP contribution in [0.3, 0.4) is 0 Å². The van der Waals surface area contributed by atoms with Gasteiger partial charge in [0.05, 0.1) is 13.2 Å². The van der Waals surface area contributed by atoms with Gasteiger partial charge in [0.15, 0.2) is 6.61 Å². The van der Waals surface area contributed by atoms with Gasteiger partial charge in [0.1, 0.15) is 17.8 Å². The number of hydrogen-bond donors (Lipinski definition) is 2. The van der Waals surface area contributed by atoms with Crippen LogP contribution in [-0.4, -0.2) is 72.5 Å². The highest BCUT2D eigenvalue weighted by Gasteiger charge is 2.47. The van der Waals surface area contributed by atoms with Crippen LogP contribution in [0.25, 0.3) is 0 Å². The van der Waals surface area contributed by atoms with Gasteiger partial charge in [-0.3, -0.25) is 14.4 Å². The van der Waals surface area contributed by atoms with Gasteiger partial charge in [-0.25, -0.2) is 9.69 Å². The molecule has 10 nitrogen and oxygen atoms in total. The van der Waals surface area contributed by atoms with Crippen LogP contribution < -0.4 is 15.4 Å². The van der Waals surface area contributed by atoms with Crippen molar-refractivity contribution in [2.24, 2.45) is 0 Å². The monoisotopic (exact) mass is 682 g/mol. The Hall–Kier alpha value is -3.97. The Morgan fingerprint density at radius 1 is 1.00 bits per heavy atom. The van der Waals surface area contributed by atoms with Crippen molar-refractivity contribution < 1.29 is 28.7 Å². The number of hydrogen-bond acceptors (Lipinski definition) is 6. The first-order chi connectivity index (χ1) is 20.3. The average molecular weight is 683 g/mol. The van der Waals surface area contributed by atoms with Crippen molar-refractivity contribution in [2.75, 3.05) is 38.2 Å². The molecule has 1 unspecified atom stereocenters. The SMILES string of the molecule is C[C@@H](c1ccccc1)C(C(=O)Nc1ccc(I)cc1)N1C(=O)N[C@H](c2ccc(OCC(=O)N3CCOCC3)cc2)C1=O. The lowest BCUT2D eigenvalue weighted by Crippen LogP contribution is -2.50. The number of nitrogens with zero attached hydrogens (tertiary/aromatic N) is 2. The Balaban J connectivity index is 1.32. The van der Waals surface area contributed by atoms with Gasteiger partial charge in [0, 0.05) is 28.3 Å².